The molecular weight excluding hydrogens is 230 g/mol. The number of aryl methyl sites for hydroxylation is 1. The summed E-state index contributed by atoms with van der Waals surface area (Å²) in [6.07, 6.45) is 1.84. The fourth-order valence-corrected chi connectivity index (χ4v) is 2.66. The normalized spacial score (nSPS) is 10.9. The first-order valence-corrected chi connectivity index (χ1v) is 6.41. The van der Waals surface area contributed by atoms with E-state index < -0.39 is 0 Å². The quantitative estimate of drug-likeness (QED) is 0.738. The minimum Gasteiger partial charge on any atom is -0.380 e. The molecule has 0 radical (unpaired) electrons. The predicted molar refractivity (Wildman–Crippen MR) is 72.5 cm³/mol. The van der Waals surface area contributed by atoms with Crippen molar-refractivity contribution in [2.45, 2.75) is 13.5 Å². The Hall–Kier alpha value is -1.81. The van der Waals surface area contributed by atoms with Gasteiger partial charge in [-0.25, -0.2) is 0 Å². The summed E-state index contributed by atoms with van der Waals surface area (Å²) in [7, 11) is 0. The van der Waals surface area contributed by atoms with Crippen LogP contribution in [0.1, 0.15) is 10.4 Å². The van der Waals surface area contributed by atoms with Gasteiger partial charge in [-0.1, -0.05) is 0 Å². The average molecular weight is 243 g/mol. The summed E-state index contributed by atoms with van der Waals surface area (Å²) in [5, 5.41) is 13.7. The van der Waals surface area contributed by atoms with Crippen molar-refractivity contribution >= 4 is 27.9 Å². The minimum absolute atomic E-state index is 0.878. The number of hydrogen-bond acceptors (Lipinski definition) is 3. The van der Waals surface area contributed by atoms with Crippen LogP contribution in [0.5, 0.6) is 0 Å². The standard InChI is InChI=1S/C13H13N3S/c1-9-4-5-17-13(9)8-14-11-3-2-10-7-15-16-12(10)6-11/h2-7,14H,8H2,1H3,(H,15,16). The van der Waals surface area contributed by atoms with Gasteiger partial charge in [0.1, 0.15) is 0 Å². The van der Waals surface area contributed by atoms with E-state index in [2.05, 4.69) is 52.1 Å². The molecule has 0 spiro atoms. The maximum atomic E-state index is 4.02. The second kappa shape index (κ2) is 4.22. The van der Waals surface area contributed by atoms with Crippen LogP contribution in [-0.2, 0) is 6.54 Å². The predicted octanol–water partition coefficient (Wildman–Crippen LogP) is 3.54. The smallest absolute Gasteiger partial charge is 0.0670 e. The molecule has 0 fully saturated rings. The summed E-state index contributed by atoms with van der Waals surface area (Å²) in [6.45, 7) is 3.02. The van der Waals surface area contributed by atoms with Crippen molar-refractivity contribution in [2.24, 2.45) is 0 Å². The van der Waals surface area contributed by atoms with E-state index >= 15 is 0 Å². The van der Waals surface area contributed by atoms with Crippen LogP contribution in [0.2, 0.25) is 0 Å². The fraction of sp³-hybridized carbons (Fsp3) is 0.154. The summed E-state index contributed by atoms with van der Waals surface area (Å²) in [5.74, 6) is 0. The van der Waals surface area contributed by atoms with Gasteiger partial charge in [0, 0.05) is 22.5 Å². The summed E-state index contributed by atoms with van der Waals surface area (Å²) in [5.41, 5.74) is 3.54. The molecule has 3 nitrogen and oxygen atoms in total. The zero-order valence-electron chi connectivity index (χ0n) is 9.53. The molecule has 3 rings (SSSR count). The highest BCUT2D eigenvalue weighted by Gasteiger charge is 2.01. The molecule has 2 heterocycles. The Kier molecular flexibility index (Phi) is 2.57. The zero-order valence-corrected chi connectivity index (χ0v) is 10.3. The van der Waals surface area contributed by atoms with Crippen molar-refractivity contribution in [1.82, 2.24) is 10.2 Å². The lowest BCUT2D eigenvalue weighted by Crippen LogP contribution is -1.98. The number of fused-ring (bicyclic) bond motifs is 1. The van der Waals surface area contributed by atoms with Gasteiger partial charge in [-0.3, -0.25) is 5.10 Å². The van der Waals surface area contributed by atoms with Crippen molar-refractivity contribution in [2.75, 3.05) is 5.32 Å². The van der Waals surface area contributed by atoms with Gasteiger partial charge >= 0.3 is 0 Å². The minimum atomic E-state index is 0.878. The van der Waals surface area contributed by atoms with Crippen molar-refractivity contribution in [1.29, 1.82) is 0 Å². The summed E-state index contributed by atoms with van der Waals surface area (Å²) in [6, 6.07) is 8.40. The molecule has 0 aliphatic rings. The molecule has 86 valence electrons. The van der Waals surface area contributed by atoms with Crippen LogP contribution in [0, 0.1) is 6.92 Å². The molecule has 17 heavy (non-hydrogen) atoms. The highest BCUT2D eigenvalue weighted by atomic mass is 32.1. The monoisotopic (exact) mass is 243 g/mol. The van der Waals surface area contributed by atoms with E-state index in [4.69, 9.17) is 0 Å². The fourth-order valence-electron chi connectivity index (χ4n) is 1.81. The molecular formula is C13H13N3S. The number of nitrogens with zero attached hydrogens (tertiary/aromatic N) is 1. The van der Waals surface area contributed by atoms with E-state index in [0.29, 0.717) is 0 Å². The number of aromatic amines is 1. The van der Waals surface area contributed by atoms with Gasteiger partial charge in [-0.05, 0) is 42.1 Å². The molecule has 3 aromatic rings. The van der Waals surface area contributed by atoms with Gasteiger partial charge in [0.25, 0.3) is 0 Å². The second-order valence-corrected chi connectivity index (χ2v) is 5.05. The number of anilines is 1. The van der Waals surface area contributed by atoms with Gasteiger partial charge in [0.2, 0.25) is 0 Å². The van der Waals surface area contributed by atoms with Gasteiger partial charge in [0.15, 0.2) is 0 Å². The third-order valence-corrected chi connectivity index (χ3v) is 3.89. The van der Waals surface area contributed by atoms with E-state index in [1.165, 1.54) is 10.4 Å². The summed E-state index contributed by atoms with van der Waals surface area (Å²) in [4.78, 5) is 1.38. The molecule has 0 atom stereocenters. The maximum Gasteiger partial charge on any atom is 0.0670 e. The molecule has 0 unspecified atom stereocenters. The van der Waals surface area contributed by atoms with Crippen LogP contribution in [0.4, 0.5) is 5.69 Å². The summed E-state index contributed by atoms with van der Waals surface area (Å²) < 4.78 is 0. The molecule has 4 heteroatoms. The number of nitrogens with one attached hydrogen (secondary N) is 2. The maximum absolute atomic E-state index is 4.02. The molecule has 2 N–H and O–H groups in total. The third-order valence-electron chi connectivity index (χ3n) is 2.86. The number of hydrogen-bond donors (Lipinski definition) is 2. The lowest BCUT2D eigenvalue weighted by Gasteiger charge is -2.05. The molecule has 0 saturated heterocycles. The molecule has 1 aromatic carbocycles. The topological polar surface area (TPSA) is 40.7 Å². The molecule has 0 aliphatic carbocycles. The average Bonchev–Trinajstić information content (AvgIpc) is 2.94. The van der Waals surface area contributed by atoms with Crippen molar-refractivity contribution < 1.29 is 0 Å². The molecule has 2 aromatic heterocycles. The Balaban J connectivity index is 1.78. The van der Waals surface area contributed by atoms with Crippen molar-refractivity contribution in [3.63, 3.8) is 0 Å². The number of H-pyrrole nitrogens is 1. The van der Waals surface area contributed by atoms with E-state index in [0.717, 1.165) is 23.1 Å². The third kappa shape index (κ3) is 2.03. The van der Waals surface area contributed by atoms with E-state index in [9.17, 15) is 0 Å². The van der Waals surface area contributed by atoms with E-state index in [-0.39, 0.29) is 0 Å². The Morgan fingerprint density at radius 3 is 3.12 bits per heavy atom. The molecule has 0 bridgehead atoms. The van der Waals surface area contributed by atoms with Crippen LogP contribution in [0.15, 0.2) is 35.8 Å². The van der Waals surface area contributed by atoms with Crippen LogP contribution in [0.3, 0.4) is 0 Å². The molecule has 0 amide bonds. The summed E-state index contributed by atoms with van der Waals surface area (Å²) >= 11 is 1.79. The number of rotatable bonds is 3. The second-order valence-electron chi connectivity index (χ2n) is 4.05. The lowest BCUT2D eigenvalue weighted by molar-refractivity contribution is 1.12. The number of aromatic nitrogens is 2. The lowest BCUT2D eigenvalue weighted by atomic mass is 10.2. The van der Waals surface area contributed by atoms with Gasteiger partial charge < -0.3 is 5.32 Å². The van der Waals surface area contributed by atoms with Gasteiger partial charge in [0.05, 0.1) is 11.7 Å². The van der Waals surface area contributed by atoms with Crippen molar-refractivity contribution in [3.05, 3.63) is 46.3 Å². The van der Waals surface area contributed by atoms with Crippen molar-refractivity contribution in [3.8, 4) is 0 Å². The van der Waals surface area contributed by atoms with Gasteiger partial charge in [-0.2, -0.15) is 5.10 Å². The number of benzene rings is 1. The van der Waals surface area contributed by atoms with Gasteiger partial charge in [-0.15, -0.1) is 11.3 Å². The van der Waals surface area contributed by atoms with Crippen LogP contribution >= 0.6 is 11.3 Å². The van der Waals surface area contributed by atoms with Crippen LogP contribution in [-0.4, -0.2) is 10.2 Å². The van der Waals surface area contributed by atoms with Crippen LogP contribution < -0.4 is 5.32 Å². The first-order valence-electron chi connectivity index (χ1n) is 5.53. The highest BCUT2D eigenvalue weighted by molar-refractivity contribution is 7.10. The first kappa shape index (κ1) is 10.4. The van der Waals surface area contributed by atoms with E-state index in [1.807, 2.05) is 6.20 Å². The van der Waals surface area contributed by atoms with E-state index in [1.54, 1.807) is 11.3 Å². The highest BCUT2D eigenvalue weighted by Crippen LogP contribution is 2.20. The van der Waals surface area contributed by atoms with Crippen LogP contribution in [0.25, 0.3) is 10.9 Å². The zero-order chi connectivity index (χ0) is 11.7. The number of thiophene rings is 1. The SMILES string of the molecule is Cc1ccsc1CNc1ccc2cn[nH]c2c1. The Morgan fingerprint density at radius 2 is 2.29 bits per heavy atom. The Morgan fingerprint density at radius 1 is 1.35 bits per heavy atom. The largest absolute Gasteiger partial charge is 0.380 e. The molecule has 0 aliphatic heterocycles. The Bertz CT molecular complexity index is 639. The first-order chi connectivity index (χ1) is 8.33. The Labute approximate surface area is 103 Å². The molecule has 0 saturated carbocycles.